The number of nitrogens with zero attached hydrogens (tertiary/aromatic N) is 5. The van der Waals surface area contributed by atoms with E-state index in [1.165, 1.54) is 0 Å². The molecular weight excluding hydrogens is 256 g/mol. The van der Waals surface area contributed by atoms with E-state index < -0.39 is 5.97 Å². The molecule has 18 heavy (non-hydrogen) atoms. The molecule has 0 saturated carbocycles. The third-order valence-corrected chi connectivity index (χ3v) is 3.26. The third-order valence-electron chi connectivity index (χ3n) is 2.31. The summed E-state index contributed by atoms with van der Waals surface area (Å²) in [5, 5.41) is 20.8. The lowest BCUT2D eigenvalue weighted by molar-refractivity contribution is -0.133. The van der Waals surface area contributed by atoms with Crippen molar-refractivity contribution in [1.82, 2.24) is 24.5 Å². The Morgan fingerprint density at radius 1 is 1.56 bits per heavy atom. The fourth-order valence-corrected chi connectivity index (χ4v) is 2.07. The zero-order valence-corrected chi connectivity index (χ0v) is 10.5. The van der Waals surface area contributed by atoms with E-state index in [0.29, 0.717) is 11.7 Å². The first-order chi connectivity index (χ1) is 8.58. The van der Waals surface area contributed by atoms with E-state index in [4.69, 9.17) is 10.8 Å². The molecule has 0 radical (unpaired) electrons. The maximum atomic E-state index is 10.5. The maximum Gasteiger partial charge on any atom is 0.313 e. The van der Waals surface area contributed by atoms with Gasteiger partial charge in [0.25, 0.3) is 0 Å². The van der Waals surface area contributed by atoms with Crippen molar-refractivity contribution in [3.8, 4) is 0 Å². The molecule has 0 unspecified atom stereocenters. The number of aliphatic carboxylic acids is 1. The molecule has 3 N–H and O–H groups in total. The number of rotatable bonds is 5. The number of hydrogen-bond donors (Lipinski definition) is 2. The predicted octanol–water partition coefficient (Wildman–Crippen LogP) is -0.181. The molecule has 2 aromatic rings. The normalized spacial score (nSPS) is 10.7. The maximum absolute atomic E-state index is 10.5. The van der Waals surface area contributed by atoms with E-state index in [9.17, 15) is 4.79 Å². The van der Waals surface area contributed by atoms with E-state index in [2.05, 4.69) is 15.3 Å². The van der Waals surface area contributed by atoms with Gasteiger partial charge in [-0.25, -0.2) is 0 Å². The van der Waals surface area contributed by atoms with Crippen LogP contribution in [0.4, 0.5) is 5.95 Å². The van der Waals surface area contributed by atoms with Crippen LogP contribution in [0.15, 0.2) is 17.4 Å². The number of aromatic nitrogens is 5. The van der Waals surface area contributed by atoms with Crippen molar-refractivity contribution in [1.29, 1.82) is 0 Å². The molecule has 0 spiro atoms. The van der Waals surface area contributed by atoms with Gasteiger partial charge in [-0.15, -0.1) is 10.2 Å². The fourth-order valence-electron chi connectivity index (χ4n) is 1.40. The molecule has 0 aliphatic rings. The van der Waals surface area contributed by atoms with Crippen molar-refractivity contribution in [2.24, 2.45) is 7.05 Å². The van der Waals surface area contributed by atoms with Crippen molar-refractivity contribution in [2.45, 2.75) is 11.7 Å². The summed E-state index contributed by atoms with van der Waals surface area (Å²) in [6.45, 7) is 0.456. The van der Waals surface area contributed by atoms with E-state index in [1.54, 1.807) is 15.4 Å². The number of carbonyl (C=O) groups is 1. The number of nitrogen functional groups attached to an aromatic ring is 1. The topological polar surface area (TPSA) is 112 Å². The summed E-state index contributed by atoms with van der Waals surface area (Å²) in [5.41, 5.74) is 6.64. The summed E-state index contributed by atoms with van der Waals surface area (Å²) in [5.74, 6) is -0.735. The van der Waals surface area contributed by atoms with Crippen LogP contribution in [0.25, 0.3) is 0 Å². The van der Waals surface area contributed by atoms with Crippen molar-refractivity contribution >= 4 is 23.7 Å². The van der Waals surface area contributed by atoms with Crippen LogP contribution in [0.2, 0.25) is 0 Å². The monoisotopic (exact) mass is 268 g/mol. The second-order valence-corrected chi connectivity index (χ2v) is 4.50. The molecule has 0 saturated heterocycles. The van der Waals surface area contributed by atoms with Gasteiger partial charge in [0.1, 0.15) is 0 Å². The summed E-state index contributed by atoms with van der Waals surface area (Å²) < 4.78 is 3.37. The molecule has 0 aliphatic carbocycles. The van der Waals surface area contributed by atoms with E-state index in [0.717, 1.165) is 17.5 Å². The van der Waals surface area contributed by atoms with Gasteiger partial charge >= 0.3 is 5.97 Å². The highest BCUT2D eigenvalue weighted by Gasteiger charge is 2.13. The second kappa shape index (κ2) is 5.08. The summed E-state index contributed by atoms with van der Waals surface area (Å²) in [7, 11) is 1.82. The Kier molecular flexibility index (Phi) is 3.51. The number of carboxylic acids is 1. The molecule has 0 amide bonds. The van der Waals surface area contributed by atoms with E-state index >= 15 is 0 Å². The highest BCUT2D eigenvalue weighted by Crippen LogP contribution is 2.19. The minimum atomic E-state index is -0.909. The lowest BCUT2D eigenvalue weighted by Gasteiger charge is -2.07. The molecule has 0 aromatic carbocycles. The molecule has 0 atom stereocenters. The molecule has 0 aliphatic heterocycles. The van der Waals surface area contributed by atoms with Crippen molar-refractivity contribution in [3.63, 3.8) is 0 Å². The summed E-state index contributed by atoms with van der Waals surface area (Å²) in [6.07, 6.45) is 1.68. The lowest BCUT2D eigenvalue weighted by atomic mass is 10.4. The number of hydrogen-bond acceptors (Lipinski definition) is 6. The van der Waals surface area contributed by atoms with Crippen LogP contribution in [0.5, 0.6) is 0 Å². The number of anilines is 1. The van der Waals surface area contributed by atoms with Crippen molar-refractivity contribution in [2.75, 3.05) is 11.5 Å². The lowest BCUT2D eigenvalue weighted by Crippen LogP contribution is -2.10. The third kappa shape index (κ3) is 2.62. The number of aryl methyl sites for hydroxylation is 1. The Bertz CT molecular complexity index is 563. The highest BCUT2D eigenvalue weighted by molar-refractivity contribution is 7.99. The Balaban J connectivity index is 2.19. The molecule has 0 bridgehead atoms. The smallest absolute Gasteiger partial charge is 0.313 e. The van der Waals surface area contributed by atoms with Gasteiger partial charge in [-0.2, -0.15) is 5.10 Å². The van der Waals surface area contributed by atoms with Gasteiger partial charge in [-0.3, -0.25) is 14.0 Å². The van der Waals surface area contributed by atoms with E-state index in [1.807, 2.05) is 13.1 Å². The van der Waals surface area contributed by atoms with Gasteiger partial charge in [-0.05, 0) is 6.07 Å². The first-order valence-corrected chi connectivity index (χ1v) is 6.06. The Morgan fingerprint density at radius 3 is 2.94 bits per heavy atom. The zero-order valence-electron chi connectivity index (χ0n) is 9.65. The minimum Gasteiger partial charge on any atom is -0.481 e. The zero-order chi connectivity index (χ0) is 13.1. The fraction of sp³-hybridized carbons (Fsp3) is 0.333. The van der Waals surface area contributed by atoms with Gasteiger partial charge < -0.3 is 10.8 Å². The van der Waals surface area contributed by atoms with Gasteiger partial charge in [0, 0.05) is 13.2 Å². The Hall–Kier alpha value is -2.03. The highest BCUT2D eigenvalue weighted by atomic mass is 32.2. The summed E-state index contributed by atoms with van der Waals surface area (Å²) in [4.78, 5) is 10.5. The summed E-state index contributed by atoms with van der Waals surface area (Å²) in [6, 6.07) is 1.85. The van der Waals surface area contributed by atoms with Gasteiger partial charge in [0.05, 0.1) is 18.0 Å². The van der Waals surface area contributed by atoms with Gasteiger partial charge in [-0.1, -0.05) is 11.8 Å². The Morgan fingerprint density at radius 2 is 2.33 bits per heavy atom. The standard InChI is InChI=1S/C9H12N6O2S/c1-14-6(2-3-11-14)4-15-8(10)12-13-9(15)18-5-7(16)17/h2-3H,4-5H2,1H3,(H2,10,12)(H,16,17). The average Bonchev–Trinajstić information content (AvgIpc) is 2.86. The number of nitrogens with two attached hydrogens (primary N) is 1. The molecular formula is C9H12N6O2S. The van der Waals surface area contributed by atoms with Gasteiger partial charge in [0.15, 0.2) is 5.16 Å². The SMILES string of the molecule is Cn1nccc1Cn1c(N)nnc1SCC(=O)O. The van der Waals surface area contributed by atoms with Crippen LogP contribution in [0, 0.1) is 0 Å². The first kappa shape index (κ1) is 12.4. The molecule has 2 heterocycles. The van der Waals surface area contributed by atoms with Crippen LogP contribution in [0.1, 0.15) is 5.69 Å². The van der Waals surface area contributed by atoms with Crippen LogP contribution >= 0.6 is 11.8 Å². The quantitative estimate of drug-likeness (QED) is 0.723. The largest absolute Gasteiger partial charge is 0.481 e. The molecule has 2 aromatic heterocycles. The Labute approximate surface area is 107 Å². The number of thioether (sulfide) groups is 1. The second-order valence-electron chi connectivity index (χ2n) is 3.56. The van der Waals surface area contributed by atoms with Crippen molar-refractivity contribution < 1.29 is 9.90 Å². The average molecular weight is 268 g/mol. The first-order valence-electron chi connectivity index (χ1n) is 5.08. The predicted molar refractivity (Wildman–Crippen MR) is 65.1 cm³/mol. The van der Waals surface area contributed by atoms with Crippen LogP contribution in [0.3, 0.4) is 0 Å². The van der Waals surface area contributed by atoms with Gasteiger partial charge in [0.2, 0.25) is 5.95 Å². The number of carboxylic acid groups (broad SMARTS) is 1. The molecule has 0 fully saturated rings. The van der Waals surface area contributed by atoms with Crippen LogP contribution < -0.4 is 5.73 Å². The molecule has 9 heteroatoms. The summed E-state index contributed by atoms with van der Waals surface area (Å²) >= 11 is 1.08. The van der Waals surface area contributed by atoms with Crippen molar-refractivity contribution in [3.05, 3.63) is 18.0 Å². The van der Waals surface area contributed by atoms with Crippen LogP contribution in [-0.2, 0) is 18.4 Å². The van der Waals surface area contributed by atoms with E-state index in [-0.39, 0.29) is 11.7 Å². The molecule has 8 nitrogen and oxygen atoms in total. The minimum absolute atomic E-state index is 0.0798. The molecule has 96 valence electrons. The molecule has 2 rings (SSSR count). The van der Waals surface area contributed by atoms with Crippen LogP contribution in [-0.4, -0.2) is 41.4 Å².